The molecule has 3 N–H and O–H groups in total. The molecule has 0 heterocycles. The zero-order valence-electron chi connectivity index (χ0n) is 15.1. The maximum atomic E-state index is 12.6. The highest BCUT2D eigenvalue weighted by molar-refractivity contribution is 5.85. The summed E-state index contributed by atoms with van der Waals surface area (Å²) >= 11 is 0. The summed E-state index contributed by atoms with van der Waals surface area (Å²) < 4.78 is 37.8. The van der Waals surface area contributed by atoms with Gasteiger partial charge in [-0.3, -0.25) is 4.79 Å². The molecule has 0 aliphatic carbocycles. The quantitative estimate of drug-likeness (QED) is 0.692. The largest absolute Gasteiger partial charge is 0.416 e. The molecule has 2 rings (SSSR count). The maximum Gasteiger partial charge on any atom is 0.416 e. The Kier molecular flexibility index (Phi) is 8.79. The van der Waals surface area contributed by atoms with Crippen LogP contribution in [0.5, 0.6) is 0 Å². The number of amides is 1. The van der Waals surface area contributed by atoms with E-state index >= 15 is 0 Å². The van der Waals surface area contributed by atoms with Crippen LogP contribution in [-0.2, 0) is 17.5 Å². The molecular weight excluding hydrogens is 377 g/mol. The third-order valence-electron chi connectivity index (χ3n) is 4.17. The second-order valence-corrected chi connectivity index (χ2v) is 6.24. The summed E-state index contributed by atoms with van der Waals surface area (Å²) in [6, 6.07) is 11.9. The number of unbranched alkanes of at least 4 members (excludes halogenated alkanes) is 1. The minimum absolute atomic E-state index is 0. The number of rotatable bonds is 7. The molecule has 1 unspecified atom stereocenters. The van der Waals surface area contributed by atoms with Crippen LogP contribution in [0, 0.1) is 0 Å². The Morgan fingerprint density at radius 3 is 2.04 bits per heavy atom. The Labute approximate surface area is 163 Å². The molecule has 27 heavy (non-hydrogen) atoms. The molecule has 1 amide bonds. The van der Waals surface area contributed by atoms with Crippen molar-refractivity contribution in [3.8, 4) is 11.1 Å². The van der Waals surface area contributed by atoms with Gasteiger partial charge in [0.05, 0.1) is 11.6 Å². The number of hydrogen-bond donors (Lipinski definition) is 2. The van der Waals surface area contributed by atoms with Gasteiger partial charge in [0.1, 0.15) is 0 Å². The Morgan fingerprint density at radius 2 is 1.56 bits per heavy atom. The monoisotopic (exact) mass is 400 g/mol. The first-order chi connectivity index (χ1) is 12.3. The van der Waals surface area contributed by atoms with Gasteiger partial charge in [0.25, 0.3) is 0 Å². The van der Waals surface area contributed by atoms with Crippen molar-refractivity contribution in [1.82, 2.24) is 5.32 Å². The first-order valence-electron chi connectivity index (χ1n) is 8.61. The summed E-state index contributed by atoms with van der Waals surface area (Å²) in [6.45, 7) is 2.41. The Hall–Kier alpha value is -2.05. The van der Waals surface area contributed by atoms with Crippen molar-refractivity contribution in [2.45, 2.75) is 44.9 Å². The first-order valence-corrected chi connectivity index (χ1v) is 8.61. The number of carbonyl (C=O) groups excluding carboxylic acids is 1. The van der Waals surface area contributed by atoms with Crippen LogP contribution in [0.15, 0.2) is 48.5 Å². The molecule has 1 atom stereocenters. The molecule has 2 aromatic rings. The van der Waals surface area contributed by atoms with Gasteiger partial charge in [-0.05, 0) is 35.2 Å². The van der Waals surface area contributed by atoms with Crippen molar-refractivity contribution in [2.75, 3.05) is 0 Å². The van der Waals surface area contributed by atoms with E-state index in [0.29, 0.717) is 18.5 Å². The zero-order valence-corrected chi connectivity index (χ0v) is 15.9. The van der Waals surface area contributed by atoms with Gasteiger partial charge < -0.3 is 11.1 Å². The van der Waals surface area contributed by atoms with Crippen LogP contribution in [0.4, 0.5) is 13.2 Å². The van der Waals surface area contributed by atoms with E-state index in [2.05, 4.69) is 5.32 Å². The smallest absolute Gasteiger partial charge is 0.351 e. The molecule has 0 aromatic heterocycles. The summed E-state index contributed by atoms with van der Waals surface area (Å²) in [5, 5.41) is 2.80. The molecule has 0 radical (unpaired) electrons. The molecule has 0 aliphatic rings. The van der Waals surface area contributed by atoms with Crippen LogP contribution in [0.3, 0.4) is 0 Å². The molecule has 3 nitrogen and oxygen atoms in total. The fourth-order valence-electron chi connectivity index (χ4n) is 2.54. The lowest BCUT2D eigenvalue weighted by molar-refractivity contribution is -0.137. The van der Waals surface area contributed by atoms with E-state index in [9.17, 15) is 18.0 Å². The fourth-order valence-corrected chi connectivity index (χ4v) is 2.54. The molecule has 0 saturated heterocycles. The van der Waals surface area contributed by atoms with E-state index in [4.69, 9.17) is 5.73 Å². The van der Waals surface area contributed by atoms with Gasteiger partial charge in [-0.2, -0.15) is 13.2 Å². The average molecular weight is 401 g/mol. The lowest BCUT2D eigenvalue weighted by atomic mass is 10.0. The van der Waals surface area contributed by atoms with Gasteiger partial charge in [-0.15, -0.1) is 12.4 Å². The van der Waals surface area contributed by atoms with E-state index in [1.165, 1.54) is 12.1 Å². The molecule has 0 fully saturated rings. The zero-order chi connectivity index (χ0) is 19.2. The number of nitrogens with two attached hydrogens (primary N) is 1. The van der Waals surface area contributed by atoms with E-state index in [0.717, 1.165) is 36.1 Å². The molecule has 0 bridgehead atoms. The van der Waals surface area contributed by atoms with Gasteiger partial charge in [-0.1, -0.05) is 56.2 Å². The van der Waals surface area contributed by atoms with E-state index in [-0.39, 0.29) is 18.3 Å². The van der Waals surface area contributed by atoms with Crippen molar-refractivity contribution in [2.24, 2.45) is 5.73 Å². The molecular formula is C20H24ClF3N2O. The first kappa shape index (κ1) is 23.0. The van der Waals surface area contributed by atoms with Crippen LogP contribution in [-0.4, -0.2) is 11.9 Å². The minimum atomic E-state index is -4.33. The Morgan fingerprint density at radius 1 is 1.04 bits per heavy atom. The van der Waals surface area contributed by atoms with Crippen molar-refractivity contribution in [1.29, 1.82) is 0 Å². The highest BCUT2D eigenvalue weighted by Gasteiger charge is 2.29. The van der Waals surface area contributed by atoms with Gasteiger partial charge in [-0.25, -0.2) is 0 Å². The lowest BCUT2D eigenvalue weighted by Crippen LogP contribution is -2.40. The van der Waals surface area contributed by atoms with E-state index < -0.39 is 17.8 Å². The number of alkyl halides is 3. The van der Waals surface area contributed by atoms with Crippen molar-refractivity contribution in [3.63, 3.8) is 0 Å². The SMILES string of the molecule is CCCCC(N)C(=O)NCc1ccc(-c2ccc(C(F)(F)F)cc2)cc1.Cl. The van der Waals surface area contributed by atoms with Crippen molar-refractivity contribution in [3.05, 3.63) is 59.7 Å². The van der Waals surface area contributed by atoms with E-state index in [1.54, 1.807) is 0 Å². The lowest BCUT2D eigenvalue weighted by Gasteiger charge is -2.12. The van der Waals surface area contributed by atoms with Gasteiger partial charge in [0.15, 0.2) is 0 Å². The summed E-state index contributed by atoms with van der Waals surface area (Å²) in [5.41, 5.74) is 7.57. The summed E-state index contributed by atoms with van der Waals surface area (Å²) in [7, 11) is 0. The average Bonchev–Trinajstić information content (AvgIpc) is 2.64. The second-order valence-electron chi connectivity index (χ2n) is 6.24. The number of nitrogens with one attached hydrogen (secondary N) is 1. The van der Waals surface area contributed by atoms with Gasteiger partial charge >= 0.3 is 6.18 Å². The van der Waals surface area contributed by atoms with Crippen LogP contribution in [0.2, 0.25) is 0 Å². The number of carbonyl (C=O) groups is 1. The van der Waals surface area contributed by atoms with Crippen LogP contribution in [0.25, 0.3) is 11.1 Å². The topological polar surface area (TPSA) is 55.1 Å². The molecule has 0 aliphatic heterocycles. The molecule has 7 heteroatoms. The van der Waals surface area contributed by atoms with Crippen molar-refractivity contribution < 1.29 is 18.0 Å². The summed E-state index contributed by atoms with van der Waals surface area (Å²) in [5.74, 6) is -0.176. The standard InChI is InChI=1S/C20H23F3N2O.ClH/c1-2-3-4-18(24)19(26)25-13-14-5-7-15(8-6-14)16-9-11-17(12-10-16)20(21,22)23;/h5-12,18H,2-4,13,24H2,1H3,(H,25,26);1H. The minimum Gasteiger partial charge on any atom is -0.351 e. The highest BCUT2D eigenvalue weighted by atomic mass is 35.5. The Balaban J connectivity index is 0.00000364. The third kappa shape index (κ3) is 6.88. The van der Waals surface area contributed by atoms with Crippen LogP contribution < -0.4 is 11.1 Å². The summed E-state index contributed by atoms with van der Waals surface area (Å²) in [4.78, 5) is 11.9. The molecule has 148 valence electrons. The number of hydrogen-bond acceptors (Lipinski definition) is 2. The number of halogens is 4. The fraction of sp³-hybridized carbons (Fsp3) is 0.350. The van der Waals surface area contributed by atoms with Crippen LogP contribution in [0.1, 0.15) is 37.3 Å². The predicted octanol–water partition coefficient (Wildman–Crippen LogP) is 4.93. The maximum absolute atomic E-state index is 12.6. The van der Waals surface area contributed by atoms with Crippen LogP contribution >= 0.6 is 12.4 Å². The third-order valence-corrected chi connectivity index (χ3v) is 4.17. The Bertz CT molecular complexity index is 716. The molecule has 2 aromatic carbocycles. The van der Waals surface area contributed by atoms with Gasteiger partial charge in [0.2, 0.25) is 5.91 Å². The molecule has 0 saturated carbocycles. The second kappa shape index (κ2) is 10.3. The predicted molar refractivity (Wildman–Crippen MR) is 103 cm³/mol. The number of benzene rings is 2. The molecule has 0 spiro atoms. The van der Waals surface area contributed by atoms with Gasteiger partial charge in [0, 0.05) is 6.54 Å². The highest BCUT2D eigenvalue weighted by Crippen LogP contribution is 2.31. The summed E-state index contributed by atoms with van der Waals surface area (Å²) in [6.07, 6.45) is -1.77. The van der Waals surface area contributed by atoms with E-state index in [1.807, 2.05) is 31.2 Å². The van der Waals surface area contributed by atoms with Crippen molar-refractivity contribution >= 4 is 18.3 Å². The normalized spacial score (nSPS) is 12.2.